The van der Waals surface area contributed by atoms with E-state index in [-0.39, 0.29) is 0 Å². The number of rotatable bonds is 3. The predicted octanol–water partition coefficient (Wildman–Crippen LogP) is 5.23. The largest absolute Gasteiger partial charge is 0.228 e. The first-order valence-corrected chi connectivity index (χ1v) is 9.80. The van der Waals surface area contributed by atoms with Gasteiger partial charge in [-0.1, -0.05) is 54.1 Å². The highest BCUT2D eigenvalue weighted by Gasteiger charge is 2.15. The fourth-order valence-corrected chi connectivity index (χ4v) is 5.05. The minimum Gasteiger partial charge on any atom is -0.228 e. The summed E-state index contributed by atoms with van der Waals surface area (Å²) in [6, 6.07) is 20.1. The van der Waals surface area contributed by atoms with Crippen molar-refractivity contribution in [1.82, 2.24) is 25.2 Å². The molecule has 0 spiro atoms. The minimum absolute atomic E-state index is 0.652. The molecule has 0 N–H and O–H groups in total. The first kappa shape index (κ1) is 15.7. The van der Waals surface area contributed by atoms with Crippen molar-refractivity contribution in [2.24, 2.45) is 0 Å². The standard InChI is InChI=1S/C18H10ClN5S2/c19-13-8-4-10-15-16(13)20-18(25-15)26-17-21-22-23-24(17)14-9-3-6-11-5-1-2-7-12(11)14/h1-10H. The number of hydrogen-bond acceptors (Lipinski definition) is 6. The summed E-state index contributed by atoms with van der Waals surface area (Å²) >= 11 is 9.24. The van der Waals surface area contributed by atoms with E-state index in [9.17, 15) is 0 Å². The highest BCUT2D eigenvalue weighted by atomic mass is 35.5. The molecule has 3 aromatic carbocycles. The van der Waals surface area contributed by atoms with Gasteiger partial charge < -0.3 is 0 Å². The molecular weight excluding hydrogens is 386 g/mol. The van der Waals surface area contributed by atoms with Gasteiger partial charge in [-0.3, -0.25) is 0 Å². The van der Waals surface area contributed by atoms with Gasteiger partial charge in [0.25, 0.3) is 0 Å². The second-order valence-corrected chi connectivity index (χ2v) is 8.19. The molecule has 0 aliphatic carbocycles. The van der Waals surface area contributed by atoms with Gasteiger partial charge in [0.2, 0.25) is 5.16 Å². The zero-order valence-electron chi connectivity index (χ0n) is 13.2. The first-order chi connectivity index (χ1) is 12.8. The van der Waals surface area contributed by atoms with E-state index in [0.29, 0.717) is 10.2 Å². The van der Waals surface area contributed by atoms with Crippen LogP contribution in [-0.4, -0.2) is 25.2 Å². The Bertz CT molecular complexity index is 1240. The molecule has 0 saturated carbocycles. The van der Waals surface area contributed by atoms with Crippen LogP contribution < -0.4 is 0 Å². The number of halogens is 1. The number of benzene rings is 3. The third-order valence-corrected chi connectivity index (χ3v) is 6.29. The molecule has 0 radical (unpaired) electrons. The van der Waals surface area contributed by atoms with Gasteiger partial charge in [0, 0.05) is 5.39 Å². The summed E-state index contributed by atoms with van der Waals surface area (Å²) in [6.07, 6.45) is 0. The van der Waals surface area contributed by atoms with Gasteiger partial charge in [0.1, 0.15) is 5.52 Å². The summed E-state index contributed by atoms with van der Waals surface area (Å²) in [6.45, 7) is 0. The summed E-state index contributed by atoms with van der Waals surface area (Å²) in [5.41, 5.74) is 1.75. The molecule has 26 heavy (non-hydrogen) atoms. The van der Waals surface area contributed by atoms with Gasteiger partial charge in [-0.2, -0.15) is 4.68 Å². The van der Waals surface area contributed by atoms with Gasteiger partial charge in [-0.05, 0) is 45.8 Å². The Morgan fingerprint density at radius 3 is 2.73 bits per heavy atom. The van der Waals surface area contributed by atoms with Crippen molar-refractivity contribution in [1.29, 1.82) is 0 Å². The van der Waals surface area contributed by atoms with Gasteiger partial charge in [-0.15, -0.1) is 16.4 Å². The fourth-order valence-electron chi connectivity index (χ4n) is 2.80. The van der Waals surface area contributed by atoms with Crippen molar-refractivity contribution in [3.8, 4) is 5.69 Å². The molecule has 2 aromatic heterocycles. The van der Waals surface area contributed by atoms with Crippen LogP contribution in [0.2, 0.25) is 5.02 Å². The third-order valence-electron chi connectivity index (χ3n) is 3.96. The molecule has 0 saturated heterocycles. The Kier molecular flexibility index (Phi) is 3.85. The smallest absolute Gasteiger partial charge is 0.221 e. The maximum absolute atomic E-state index is 6.23. The average Bonchev–Trinajstić information content (AvgIpc) is 3.29. The van der Waals surface area contributed by atoms with Crippen LogP contribution in [-0.2, 0) is 0 Å². The molecule has 5 nitrogen and oxygen atoms in total. The number of hydrogen-bond donors (Lipinski definition) is 0. The highest BCUT2D eigenvalue weighted by molar-refractivity contribution is 8.01. The van der Waals surface area contributed by atoms with Crippen LogP contribution >= 0.6 is 34.7 Å². The van der Waals surface area contributed by atoms with Crippen LogP contribution in [0.4, 0.5) is 0 Å². The Morgan fingerprint density at radius 1 is 0.962 bits per heavy atom. The fraction of sp³-hybridized carbons (Fsp3) is 0. The van der Waals surface area contributed by atoms with E-state index in [0.717, 1.165) is 31.0 Å². The summed E-state index contributed by atoms with van der Waals surface area (Å²) in [4.78, 5) is 4.62. The van der Waals surface area contributed by atoms with Crippen LogP contribution in [0, 0.1) is 0 Å². The molecule has 5 rings (SSSR count). The van der Waals surface area contributed by atoms with E-state index in [4.69, 9.17) is 11.6 Å². The molecule has 0 bridgehead atoms. The lowest BCUT2D eigenvalue weighted by Gasteiger charge is -2.07. The highest BCUT2D eigenvalue weighted by Crippen LogP contribution is 2.36. The van der Waals surface area contributed by atoms with Gasteiger partial charge in [0.05, 0.1) is 15.4 Å². The Morgan fingerprint density at radius 2 is 1.81 bits per heavy atom. The molecule has 0 aliphatic heterocycles. The molecule has 0 unspecified atom stereocenters. The second kappa shape index (κ2) is 6.35. The van der Waals surface area contributed by atoms with Crippen LogP contribution in [0.5, 0.6) is 0 Å². The van der Waals surface area contributed by atoms with E-state index in [1.165, 1.54) is 11.8 Å². The van der Waals surface area contributed by atoms with Crippen LogP contribution in [0.15, 0.2) is 70.2 Å². The molecule has 0 fully saturated rings. The maximum Gasteiger partial charge on any atom is 0.221 e. The van der Waals surface area contributed by atoms with Crippen LogP contribution in [0.3, 0.4) is 0 Å². The van der Waals surface area contributed by atoms with Crippen LogP contribution in [0.25, 0.3) is 26.7 Å². The van der Waals surface area contributed by atoms with Gasteiger partial charge >= 0.3 is 0 Å². The monoisotopic (exact) mass is 395 g/mol. The quantitative estimate of drug-likeness (QED) is 0.418. The van der Waals surface area contributed by atoms with Crippen molar-refractivity contribution in [3.63, 3.8) is 0 Å². The first-order valence-electron chi connectivity index (χ1n) is 7.79. The molecule has 2 heterocycles. The SMILES string of the molecule is Clc1cccc2sc(Sc3nnnn3-c3cccc4ccccc34)nc12. The van der Waals surface area contributed by atoms with Crippen molar-refractivity contribution >= 4 is 55.7 Å². The van der Waals surface area contributed by atoms with Crippen molar-refractivity contribution in [2.75, 3.05) is 0 Å². The molecule has 126 valence electrons. The minimum atomic E-state index is 0.652. The molecule has 0 atom stereocenters. The summed E-state index contributed by atoms with van der Waals surface area (Å²) in [7, 11) is 0. The number of aromatic nitrogens is 5. The van der Waals surface area contributed by atoms with E-state index < -0.39 is 0 Å². The lowest BCUT2D eigenvalue weighted by molar-refractivity contribution is 0.761. The topological polar surface area (TPSA) is 56.5 Å². The second-order valence-electron chi connectivity index (χ2n) is 5.54. The molecular formula is C18H10ClN5S2. The lowest BCUT2D eigenvalue weighted by Crippen LogP contribution is -1.99. The van der Waals surface area contributed by atoms with E-state index in [1.54, 1.807) is 16.0 Å². The molecule has 8 heteroatoms. The van der Waals surface area contributed by atoms with E-state index >= 15 is 0 Å². The number of thiazole rings is 1. The van der Waals surface area contributed by atoms with Crippen molar-refractivity contribution in [2.45, 2.75) is 9.50 Å². The van der Waals surface area contributed by atoms with Gasteiger partial charge in [-0.25, -0.2) is 4.98 Å². The Hall–Kier alpha value is -2.48. The molecule has 0 amide bonds. The third kappa shape index (κ3) is 2.65. The number of fused-ring (bicyclic) bond motifs is 2. The summed E-state index contributed by atoms with van der Waals surface area (Å²) < 4.78 is 3.65. The summed E-state index contributed by atoms with van der Waals surface area (Å²) in [5, 5.41) is 15.8. The van der Waals surface area contributed by atoms with E-state index in [2.05, 4.69) is 38.7 Å². The van der Waals surface area contributed by atoms with Gasteiger partial charge in [0.15, 0.2) is 4.34 Å². The molecule has 0 aliphatic rings. The lowest BCUT2D eigenvalue weighted by atomic mass is 10.1. The molecule has 5 aromatic rings. The van der Waals surface area contributed by atoms with E-state index in [1.807, 2.05) is 42.5 Å². The Balaban J connectivity index is 1.59. The zero-order valence-corrected chi connectivity index (χ0v) is 15.6. The Labute approximate surface area is 161 Å². The van der Waals surface area contributed by atoms with Crippen molar-refractivity contribution in [3.05, 3.63) is 65.7 Å². The normalized spacial score (nSPS) is 11.4. The summed E-state index contributed by atoms with van der Waals surface area (Å²) in [5.74, 6) is 0. The zero-order chi connectivity index (χ0) is 17.5. The number of nitrogens with zero attached hydrogens (tertiary/aromatic N) is 5. The number of para-hydroxylation sites is 1. The number of tetrazole rings is 1. The average molecular weight is 396 g/mol. The van der Waals surface area contributed by atoms with Crippen LogP contribution in [0.1, 0.15) is 0 Å². The predicted molar refractivity (Wildman–Crippen MR) is 105 cm³/mol. The van der Waals surface area contributed by atoms with Crippen molar-refractivity contribution < 1.29 is 0 Å². The maximum atomic E-state index is 6.23.